The first-order chi connectivity index (χ1) is 11.7. The van der Waals surface area contributed by atoms with E-state index in [0.717, 1.165) is 0 Å². The fraction of sp³-hybridized carbons (Fsp3) is 0. The van der Waals surface area contributed by atoms with Crippen molar-refractivity contribution in [1.29, 1.82) is 0 Å². The number of nitrogens with zero attached hydrogens (tertiary/aromatic N) is 12. The molecule has 4 aromatic heterocycles. The van der Waals surface area contributed by atoms with Gasteiger partial charge in [0.2, 0.25) is 17.8 Å². The molecule has 18 heteroatoms. The van der Waals surface area contributed by atoms with Crippen molar-refractivity contribution in [3.8, 4) is 0 Å². The van der Waals surface area contributed by atoms with Crippen LogP contribution >= 0.6 is 0 Å². The standard InChI is InChI=1S/C3H3N3.3CH3N5/c1-2-4-6-5-3-1;3*2-1-3-5-6-4-1/h1-3H;3*(H3,2,3,4,5,6). The molecule has 0 aliphatic heterocycles. The van der Waals surface area contributed by atoms with Crippen LogP contribution < -0.4 is 17.2 Å². The van der Waals surface area contributed by atoms with Crippen LogP contribution in [0.1, 0.15) is 0 Å². The minimum Gasteiger partial charge on any atom is -0.367 e. The highest BCUT2D eigenvalue weighted by Crippen LogP contribution is 1.73. The summed E-state index contributed by atoms with van der Waals surface area (Å²) in [5.41, 5.74) is 15.0. The van der Waals surface area contributed by atoms with Gasteiger partial charge in [0.15, 0.2) is 0 Å². The fourth-order valence-corrected chi connectivity index (χ4v) is 0.704. The Balaban J connectivity index is 0.000000160. The van der Waals surface area contributed by atoms with E-state index < -0.39 is 0 Å². The monoisotopic (exact) mass is 336 g/mol. The van der Waals surface area contributed by atoms with Gasteiger partial charge in [-0.25, -0.2) is 15.3 Å². The number of rotatable bonds is 0. The molecule has 0 bridgehead atoms. The molecule has 0 radical (unpaired) electrons. The van der Waals surface area contributed by atoms with E-state index >= 15 is 0 Å². The van der Waals surface area contributed by atoms with Gasteiger partial charge in [0, 0.05) is 0 Å². The minimum absolute atomic E-state index is 0.245. The molecule has 126 valence electrons. The molecule has 0 spiro atoms. The predicted molar refractivity (Wildman–Crippen MR) is 75.6 cm³/mol. The molecule has 0 unspecified atom stereocenters. The summed E-state index contributed by atoms with van der Waals surface area (Å²) in [7, 11) is 0. The topological polar surface area (TPSA) is 280 Å². The molecule has 4 aromatic rings. The molecule has 18 nitrogen and oxygen atoms in total. The third kappa shape index (κ3) is 9.51. The Bertz CT molecular complexity index is 582. The zero-order valence-corrected chi connectivity index (χ0v) is 11.8. The molecule has 0 saturated heterocycles. The number of hydrogen-bond acceptors (Lipinski definition) is 15. The smallest absolute Gasteiger partial charge is 0.237 e. The van der Waals surface area contributed by atoms with E-state index in [2.05, 4.69) is 77.3 Å². The van der Waals surface area contributed by atoms with Crippen molar-refractivity contribution in [3.05, 3.63) is 18.5 Å². The maximum absolute atomic E-state index is 4.99. The number of aromatic amines is 3. The van der Waals surface area contributed by atoms with E-state index in [1.165, 1.54) is 0 Å². The first-order valence-electron chi connectivity index (χ1n) is 5.74. The summed E-state index contributed by atoms with van der Waals surface area (Å²) in [4.78, 5) is 0. The third-order valence-corrected chi connectivity index (χ3v) is 1.49. The average molecular weight is 336 g/mol. The van der Waals surface area contributed by atoms with Crippen molar-refractivity contribution in [1.82, 2.24) is 77.3 Å². The Kier molecular flexibility index (Phi) is 8.32. The van der Waals surface area contributed by atoms with Crippen molar-refractivity contribution in [2.45, 2.75) is 0 Å². The zero-order chi connectivity index (χ0) is 17.5. The number of nitrogen functional groups attached to an aromatic ring is 3. The summed E-state index contributed by atoms with van der Waals surface area (Å²) in [6, 6.07) is 1.72. The van der Waals surface area contributed by atoms with Crippen LogP contribution in [0.5, 0.6) is 0 Å². The summed E-state index contributed by atoms with van der Waals surface area (Å²) in [5.74, 6) is 0.736. The molecule has 0 fully saturated rings. The molecule has 0 aromatic carbocycles. The van der Waals surface area contributed by atoms with Crippen LogP contribution in [0, 0.1) is 0 Å². The van der Waals surface area contributed by atoms with Crippen molar-refractivity contribution < 1.29 is 0 Å². The van der Waals surface area contributed by atoms with Crippen molar-refractivity contribution >= 4 is 17.8 Å². The van der Waals surface area contributed by atoms with Gasteiger partial charge in [-0.15, -0.1) is 10.2 Å². The highest BCUT2D eigenvalue weighted by molar-refractivity contribution is 5.06. The summed E-state index contributed by atoms with van der Waals surface area (Å²) in [6.45, 7) is 0. The lowest BCUT2D eigenvalue weighted by molar-refractivity contribution is 0.865. The molecule has 24 heavy (non-hydrogen) atoms. The number of anilines is 3. The van der Waals surface area contributed by atoms with Gasteiger partial charge in [-0.05, 0) is 42.6 Å². The van der Waals surface area contributed by atoms with Crippen LogP contribution in [-0.4, -0.2) is 77.3 Å². The van der Waals surface area contributed by atoms with Gasteiger partial charge in [-0.3, -0.25) is 0 Å². The molecule has 9 N–H and O–H groups in total. The highest BCUT2D eigenvalue weighted by atomic mass is 15.5. The summed E-state index contributed by atoms with van der Waals surface area (Å²) in [5, 5.41) is 45.9. The maximum atomic E-state index is 4.99. The first kappa shape index (κ1) is 17.7. The van der Waals surface area contributed by atoms with E-state index in [9.17, 15) is 0 Å². The van der Waals surface area contributed by atoms with Gasteiger partial charge in [-0.1, -0.05) is 15.3 Å². The summed E-state index contributed by atoms with van der Waals surface area (Å²) in [6.07, 6.45) is 3.15. The molecular weight excluding hydrogens is 324 g/mol. The number of tetrazole rings is 3. The number of hydrogen-bond donors (Lipinski definition) is 6. The second-order valence-electron chi connectivity index (χ2n) is 3.17. The number of nitrogens with two attached hydrogens (primary N) is 3. The van der Waals surface area contributed by atoms with Crippen molar-refractivity contribution in [2.75, 3.05) is 17.2 Å². The van der Waals surface area contributed by atoms with Gasteiger partial charge in [-0.2, -0.15) is 0 Å². The Morgan fingerprint density at radius 2 is 0.958 bits per heavy atom. The SMILES string of the molecule is Nc1nnn[nH]1.Nc1nnn[nH]1.Nc1nnn[nH]1.c1cnnnc1. The van der Waals surface area contributed by atoms with Crippen LogP contribution in [0.25, 0.3) is 0 Å². The van der Waals surface area contributed by atoms with Crippen LogP contribution in [0.15, 0.2) is 18.5 Å². The average Bonchev–Trinajstić information content (AvgIpc) is 3.36. The quantitative estimate of drug-likeness (QED) is 0.179. The van der Waals surface area contributed by atoms with Gasteiger partial charge in [0.1, 0.15) is 0 Å². The molecule has 0 saturated carbocycles. The van der Waals surface area contributed by atoms with Crippen molar-refractivity contribution in [3.63, 3.8) is 0 Å². The Hall–Kier alpha value is -4.38. The Morgan fingerprint density at radius 3 is 1.04 bits per heavy atom. The predicted octanol–water partition coefficient (Wildman–Crippen LogP) is -3.78. The van der Waals surface area contributed by atoms with Crippen LogP contribution in [0.3, 0.4) is 0 Å². The third-order valence-electron chi connectivity index (χ3n) is 1.49. The van der Waals surface area contributed by atoms with E-state index in [-0.39, 0.29) is 17.8 Å². The lowest BCUT2D eigenvalue weighted by atomic mass is 10.7. The van der Waals surface area contributed by atoms with E-state index in [1.807, 2.05) is 0 Å². The summed E-state index contributed by atoms with van der Waals surface area (Å²) < 4.78 is 0. The molecule has 4 rings (SSSR count). The number of H-pyrrole nitrogens is 3. The minimum atomic E-state index is 0.245. The summed E-state index contributed by atoms with van der Waals surface area (Å²) >= 11 is 0. The van der Waals surface area contributed by atoms with E-state index in [0.29, 0.717) is 0 Å². The second-order valence-corrected chi connectivity index (χ2v) is 3.17. The van der Waals surface area contributed by atoms with Crippen LogP contribution in [0.2, 0.25) is 0 Å². The highest BCUT2D eigenvalue weighted by Gasteiger charge is 1.78. The van der Waals surface area contributed by atoms with Crippen molar-refractivity contribution in [2.24, 2.45) is 0 Å². The molecule has 0 aliphatic rings. The number of aromatic nitrogens is 15. The van der Waals surface area contributed by atoms with Crippen LogP contribution in [-0.2, 0) is 0 Å². The molecule has 0 atom stereocenters. The van der Waals surface area contributed by atoms with Crippen LogP contribution in [0.4, 0.5) is 17.8 Å². The van der Waals surface area contributed by atoms with Gasteiger partial charge in [0.05, 0.1) is 12.4 Å². The lowest BCUT2D eigenvalue weighted by Gasteiger charge is -1.68. The largest absolute Gasteiger partial charge is 0.367 e. The molecule has 0 amide bonds. The van der Waals surface area contributed by atoms with E-state index in [1.54, 1.807) is 18.5 Å². The first-order valence-corrected chi connectivity index (χ1v) is 5.74. The Labute approximate surface area is 132 Å². The molecule has 0 aliphatic carbocycles. The normalized spacial score (nSPS) is 8.50. The van der Waals surface area contributed by atoms with E-state index in [4.69, 9.17) is 17.2 Å². The Morgan fingerprint density at radius 1 is 0.583 bits per heavy atom. The van der Waals surface area contributed by atoms with Gasteiger partial charge < -0.3 is 17.2 Å². The zero-order valence-electron chi connectivity index (χ0n) is 11.8. The number of nitrogens with one attached hydrogen (secondary N) is 3. The molecule has 4 heterocycles. The second kappa shape index (κ2) is 11.3. The van der Waals surface area contributed by atoms with Gasteiger partial charge >= 0.3 is 0 Å². The fourth-order valence-electron chi connectivity index (χ4n) is 0.704. The lowest BCUT2D eigenvalue weighted by Crippen LogP contribution is -1.84. The molecular formula is C6H12N18. The maximum Gasteiger partial charge on any atom is 0.237 e. The van der Waals surface area contributed by atoms with Gasteiger partial charge in [0.25, 0.3) is 0 Å².